The Balaban J connectivity index is 1.37. The van der Waals surface area contributed by atoms with Crippen LogP contribution < -0.4 is 25.8 Å². The van der Waals surface area contributed by atoms with Gasteiger partial charge >= 0.3 is 12.2 Å². The highest BCUT2D eigenvalue weighted by Crippen LogP contribution is 2.34. The molecule has 0 atom stereocenters. The number of nitrogens with zero attached hydrogens (tertiary/aromatic N) is 6. The number of fused-ring (bicyclic) bond motifs is 1. The monoisotopic (exact) mass is 706 g/mol. The lowest BCUT2D eigenvalue weighted by atomic mass is 10.2. The van der Waals surface area contributed by atoms with Crippen molar-refractivity contribution >= 4 is 46.5 Å². The summed E-state index contributed by atoms with van der Waals surface area (Å²) >= 11 is 6.05. The Morgan fingerprint density at radius 1 is 1.04 bits per heavy atom. The first-order chi connectivity index (χ1) is 23.3. The number of hydrogen-bond acceptors (Lipinski definition) is 8. The fourth-order valence-electron chi connectivity index (χ4n) is 5.42. The maximum Gasteiger partial charge on any atom is 0.416 e. The number of halogens is 5. The number of piperazine rings is 1. The van der Waals surface area contributed by atoms with Crippen molar-refractivity contribution in [1.82, 2.24) is 29.4 Å². The maximum absolute atomic E-state index is 13.9. The Labute approximate surface area is 281 Å². The van der Waals surface area contributed by atoms with E-state index < -0.39 is 47.4 Å². The minimum atomic E-state index is -4.62. The van der Waals surface area contributed by atoms with Crippen molar-refractivity contribution in [3.8, 4) is 6.01 Å². The highest BCUT2D eigenvalue weighted by Gasteiger charge is 2.32. The zero-order valence-corrected chi connectivity index (χ0v) is 27.1. The first-order valence-electron chi connectivity index (χ1n) is 15.2. The van der Waals surface area contributed by atoms with Gasteiger partial charge in [-0.1, -0.05) is 30.7 Å². The van der Waals surface area contributed by atoms with Gasteiger partial charge in [0, 0.05) is 26.2 Å². The van der Waals surface area contributed by atoms with E-state index >= 15 is 0 Å². The number of carbonyl (C=O) groups excluding carboxylic acids is 3. The Kier molecular flexibility index (Phi) is 10.4. The number of ether oxygens (including phenoxy) is 1. The molecule has 1 aliphatic rings. The van der Waals surface area contributed by atoms with Crippen LogP contribution >= 0.6 is 11.6 Å². The third-order valence-corrected chi connectivity index (χ3v) is 8.07. The Morgan fingerprint density at radius 3 is 2.39 bits per heavy atom. The summed E-state index contributed by atoms with van der Waals surface area (Å²) in [7, 11) is 0. The third-order valence-electron chi connectivity index (χ3n) is 7.75. The summed E-state index contributed by atoms with van der Waals surface area (Å²) in [4.78, 5) is 59.9. The van der Waals surface area contributed by atoms with Crippen molar-refractivity contribution in [2.75, 3.05) is 49.5 Å². The molecule has 0 unspecified atom stereocenters. The van der Waals surface area contributed by atoms with E-state index in [1.54, 1.807) is 18.7 Å². The fourth-order valence-corrected chi connectivity index (χ4v) is 5.64. The molecule has 2 N–H and O–H groups in total. The molecule has 18 heteroatoms. The number of anilines is 2. The van der Waals surface area contributed by atoms with Crippen LogP contribution in [0.5, 0.6) is 6.01 Å². The molecule has 3 heterocycles. The molecular weight excluding hydrogens is 676 g/mol. The zero-order chi connectivity index (χ0) is 35.5. The van der Waals surface area contributed by atoms with Gasteiger partial charge < -0.3 is 29.7 Å². The highest BCUT2D eigenvalue weighted by molar-refractivity contribution is 6.33. The van der Waals surface area contributed by atoms with Crippen LogP contribution in [-0.4, -0.2) is 81.1 Å². The van der Waals surface area contributed by atoms with Crippen molar-refractivity contribution in [1.29, 1.82) is 0 Å². The summed E-state index contributed by atoms with van der Waals surface area (Å²) in [5, 5.41) is 8.81. The number of nitrogens with one attached hydrogen (secondary N) is 2. The van der Waals surface area contributed by atoms with Gasteiger partial charge in [-0.2, -0.15) is 22.7 Å². The summed E-state index contributed by atoms with van der Waals surface area (Å²) in [6, 6.07) is 7.85. The molecule has 0 bridgehead atoms. The fraction of sp³-hybridized carbons (Fsp3) is 0.355. The number of rotatable bonds is 10. The van der Waals surface area contributed by atoms with Gasteiger partial charge in [0.15, 0.2) is 0 Å². The summed E-state index contributed by atoms with van der Waals surface area (Å²) < 4.78 is 61.2. The van der Waals surface area contributed by atoms with E-state index in [-0.39, 0.29) is 79.5 Å². The number of hydrogen-bond donors (Lipinski definition) is 2. The third kappa shape index (κ3) is 7.61. The summed E-state index contributed by atoms with van der Waals surface area (Å²) in [6.45, 7) is 3.68. The molecule has 4 aromatic rings. The van der Waals surface area contributed by atoms with Crippen molar-refractivity contribution in [3.05, 3.63) is 80.5 Å². The molecule has 1 saturated heterocycles. The number of amides is 3. The van der Waals surface area contributed by atoms with Crippen LogP contribution in [0.2, 0.25) is 5.02 Å². The topological polar surface area (TPSA) is 143 Å². The molecule has 3 amide bonds. The number of benzene rings is 2. The van der Waals surface area contributed by atoms with Crippen LogP contribution in [0.1, 0.15) is 35.5 Å². The second kappa shape index (κ2) is 14.5. The smallest absolute Gasteiger partial charge is 0.416 e. The predicted molar refractivity (Wildman–Crippen MR) is 170 cm³/mol. The van der Waals surface area contributed by atoms with Crippen LogP contribution in [0.15, 0.2) is 47.3 Å². The molecule has 5 rings (SSSR count). The lowest BCUT2D eigenvalue weighted by Crippen LogP contribution is -2.52. The van der Waals surface area contributed by atoms with Crippen molar-refractivity contribution in [3.63, 3.8) is 0 Å². The Hall–Kier alpha value is -5.19. The number of alkyl halides is 3. The van der Waals surface area contributed by atoms with E-state index in [1.165, 1.54) is 27.7 Å². The van der Waals surface area contributed by atoms with Crippen LogP contribution in [0.25, 0.3) is 5.78 Å². The van der Waals surface area contributed by atoms with E-state index in [1.807, 2.05) is 0 Å². The highest BCUT2D eigenvalue weighted by atomic mass is 35.5. The predicted octanol–water partition coefficient (Wildman–Crippen LogP) is 3.38. The molecule has 2 aromatic heterocycles. The average molecular weight is 707 g/mol. The lowest BCUT2D eigenvalue weighted by Gasteiger charge is -2.36. The summed E-state index contributed by atoms with van der Waals surface area (Å²) in [6.07, 6.45) is -4.36. The maximum atomic E-state index is 13.9. The van der Waals surface area contributed by atoms with Gasteiger partial charge in [-0.3, -0.25) is 19.2 Å². The van der Waals surface area contributed by atoms with Gasteiger partial charge in [0.1, 0.15) is 18.0 Å². The SMILES string of the molecule is CCOc1nc2n(CC(=O)Nc3ccc(C(F)(F)F)cc3Cl)c(CC)c(N3CCN(C(=O)CNC(=O)c4ccccc4F)CC3)c(=O)n2n1. The van der Waals surface area contributed by atoms with Gasteiger partial charge in [-0.25, -0.2) is 4.39 Å². The minimum Gasteiger partial charge on any atom is -0.463 e. The Bertz CT molecular complexity index is 1960. The Morgan fingerprint density at radius 2 is 1.76 bits per heavy atom. The van der Waals surface area contributed by atoms with Crippen LogP contribution in [0.3, 0.4) is 0 Å². The van der Waals surface area contributed by atoms with Gasteiger partial charge in [0.25, 0.3) is 11.5 Å². The minimum absolute atomic E-state index is 0.00197. The van der Waals surface area contributed by atoms with Crippen molar-refractivity contribution < 1.29 is 36.7 Å². The molecule has 0 aliphatic carbocycles. The summed E-state index contributed by atoms with van der Waals surface area (Å²) in [5.41, 5.74) is -1.11. The molecule has 1 fully saturated rings. The largest absolute Gasteiger partial charge is 0.463 e. The molecule has 0 saturated carbocycles. The summed E-state index contributed by atoms with van der Waals surface area (Å²) in [5.74, 6) is -2.50. The van der Waals surface area contributed by atoms with Gasteiger partial charge in [0.05, 0.1) is 40.7 Å². The molecule has 1 aliphatic heterocycles. The molecule has 260 valence electrons. The number of aromatic nitrogens is 4. The van der Waals surface area contributed by atoms with E-state index in [9.17, 15) is 36.7 Å². The first kappa shape index (κ1) is 35.1. The number of carbonyl (C=O) groups is 3. The molecule has 0 radical (unpaired) electrons. The molecular formula is C31H31ClF4N8O5. The normalized spacial score (nSPS) is 13.4. The van der Waals surface area contributed by atoms with Gasteiger partial charge in [0.2, 0.25) is 17.6 Å². The molecule has 13 nitrogen and oxygen atoms in total. The molecule has 2 aromatic carbocycles. The second-order valence-electron chi connectivity index (χ2n) is 10.9. The molecule has 0 spiro atoms. The second-order valence-corrected chi connectivity index (χ2v) is 11.3. The van der Waals surface area contributed by atoms with Crippen LogP contribution in [0.4, 0.5) is 28.9 Å². The van der Waals surface area contributed by atoms with Gasteiger partial charge in [-0.05, 0) is 43.7 Å². The average Bonchev–Trinajstić information content (AvgIpc) is 3.50. The van der Waals surface area contributed by atoms with Crippen LogP contribution in [-0.2, 0) is 28.7 Å². The van der Waals surface area contributed by atoms with Crippen molar-refractivity contribution in [2.45, 2.75) is 33.0 Å². The van der Waals surface area contributed by atoms with Crippen LogP contribution in [0, 0.1) is 5.82 Å². The van der Waals surface area contributed by atoms with E-state index in [0.29, 0.717) is 11.8 Å². The zero-order valence-electron chi connectivity index (χ0n) is 26.3. The lowest BCUT2D eigenvalue weighted by molar-refractivity contribution is -0.137. The van der Waals surface area contributed by atoms with E-state index in [0.717, 1.165) is 22.7 Å². The standard InChI is InChI=1S/C31H31ClF4N8O5/c1-3-23-26(42-13-11-41(12-14-42)25(46)16-37-27(47)19-7-5-6-8-21(19)33)28(48)44-30(39-29(40-44)49-4-2)43(23)17-24(45)38-22-10-9-18(15-20(22)32)31(34,35)36/h5-10,15H,3-4,11-14,16-17H2,1-2H3,(H,37,47)(H,38,45). The first-order valence-corrected chi connectivity index (χ1v) is 15.6. The van der Waals surface area contributed by atoms with Crippen molar-refractivity contribution in [2.24, 2.45) is 0 Å². The van der Waals surface area contributed by atoms with E-state index in [4.69, 9.17) is 16.3 Å². The quantitative estimate of drug-likeness (QED) is 0.239. The van der Waals surface area contributed by atoms with E-state index in [2.05, 4.69) is 20.7 Å². The molecule has 49 heavy (non-hydrogen) atoms. The van der Waals surface area contributed by atoms with Gasteiger partial charge in [-0.15, -0.1) is 5.10 Å².